The number of aliphatic carboxylic acids is 1. The van der Waals surface area contributed by atoms with Crippen LogP contribution in [0.2, 0.25) is 0 Å². The summed E-state index contributed by atoms with van der Waals surface area (Å²) in [5, 5.41) is 11.6. The third kappa shape index (κ3) is 4.10. The number of carbonyl (C=O) groups excluding carboxylic acids is 1. The number of nitrogens with one attached hydrogen (secondary N) is 1. The largest absolute Gasteiger partial charge is 0.480 e. The fourth-order valence-corrected chi connectivity index (χ4v) is 1.84. The number of rotatable bonds is 5. The Morgan fingerprint density at radius 2 is 1.95 bits per heavy atom. The number of carboxylic acid groups (broad SMARTS) is 1. The Labute approximate surface area is 120 Å². The highest BCUT2D eigenvalue weighted by Crippen LogP contribution is 2.08. The first-order chi connectivity index (χ1) is 10.1. The Morgan fingerprint density at radius 1 is 1.24 bits per heavy atom. The molecule has 0 bridgehead atoms. The van der Waals surface area contributed by atoms with E-state index in [1.165, 1.54) is 42.7 Å². The zero-order chi connectivity index (χ0) is 15.2. The van der Waals surface area contributed by atoms with Crippen molar-refractivity contribution in [3.05, 3.63) is 65.7 Å². The summed E-state index contributed by atoms with van der Waals surface area (Å²) in [6, 6.07) is 7.45. The van der Waals surface area contributed by atoms with Gasteiger partial charge in [-0.3, -0.25) is 9.78 Å². The van der Waals surface area contributed by atoms with Crippen LogP contribution in [0.4, 0.5) is 4.39 Å². The highest BCUT2D eigenvalue weighted by molar-refractivity contribution is 5.96. The molecule has 1 unspecified atom stereocenters. The SMILES string of the molecule is O=C(NC(Cc1cccc(F)c1)C(=O)O)c1ccncc1. The van der Waals surface area contributed by atoms with Crippen LogP contribution >= 0.6 is 0 Å². The summed E-state index contributed by atoms with van der Waals surface area (Å²) in [5.74, 6) is -2.14. The third-order valence-corrected chi connectivity index (χ3v) is 2.87. The van der Waals surface area contributed by atoms with Crippen LogP contribution in [0.5, 0.6) is 0 Å². The van der Waals surface area contributed by atoms with E-state index >= 15 is 0 Å². The number of hydrogen-bond donors (Lipinski definition) is 2. The predicted molar refractivity (Wildman–Crippen MR) is 73.2 cm³/mol. The molecule has 1 atom stereocenters. The van der Waals surface area contributed by atoms with Crippen molar-refractivity contribution in [3.63, 3.8) is 0 Å². The van der Waals surface area contributed by atoms with E-state index in [9.17, 15) is 19.1 Å². The average Bonchev–Trinajstić information content (AvgIpc) is 2.47. The molecule has 0 aliphatic carbocycles. The maximum absolute atomic E-state index is 13.1. The summed E-state index contributed by atoms with van der Waals surface area (Å²) >= 11 is 0. The highest BCUT2D eigenvalue weighted by Gasteiger charge is 2.21. The molecule has 2 N–H and O–H groups in total. The number of carboxylic acids is 1. The van der Waals surface area contributed by atoms with E-state index in [0.717, 1.165) is 0 Å². The molecule has 1 heterocycles. The van der Waals surface area contributed by atoms with E-state index in [0.29, 0.717) is 11.1 Å². The van der Waals surface area contributed by atoms with Crippen LogP contribution < -0.4 is 5.32 Å². The molecule has 0 fully saturated rings. The molecule has 1 amide bonds. The molecule has 0 spiro atoms. The van der Waals surface area contributed by atoms with Crippen LogP contribution in [0.15, 0.2) is 48.8 Å². The second-order valence-electron chi connectivity index (χ2n) is 4.43. The number of halogens is 1. The monoisotopic (exact) mass is 288 g/mol. The van der Waals surface area contributed by atoms with Gasteiger partial charge in [-0.2, -0.15) is 0 Å². The van der Waals surface area contributed by atoms with Crippen LogP contribution in [-0.4, -0.2) is 28.0 Å². The maximum atomic E-state index is 13.1. The normalized spacial score (nSPS) is 11.7. The molecule has 1 aromatic carbocycles. The molecule has 0 saturated carbocycles. The Balaban J connectivity index is 2.09. The number of benzene rings is 1. The molecular formula is C15H13FN2O3. The van der Waals surface area contributed by atoms with Gasteiger partial charge >= 0.3 is 5.97 Å². The first kappa shape index (κ1) is 14.6. The average molecular weight is 288 g/mol. The fraction of sp³-hybridized carbons (Fsp3) is 0.133. The zero-order valence-corrected chi connectivity index (χ0v) is 11.0. The minimum atomic E-state index is -1.18. The van der Waals surface area contributed by atoms with Gasteiger partial charge < -0.3 is 10.4 Å². The lowest BCUT2D eigenvalue weighted by Crippen LogP contribution is -2.42. The van der Waals surface area contributed by atoms with Crippen molar-refractivity contribution < 1.29 is 19.1 Å². The highest BCUT2D eigenvalue weighted by atomic mass is 19.1. The Morgan fingerprint density at radius 3 is 2.57 bits per heavy atom. The molecule has 2 rings (SSSR count). The van der Waals surface area contributed by atoms with Gasteiger partial charge in [0.15, 0.2) is 0 Å². The summed E-state index contributed by atoms with van der Waals surface area (Å²) in [6.45, 7) is 0. The van der Waals surface area contributed by atoms with Crippen LogP contribution in [0.3, 0.4) is 0 Å². The minimum Gasteiger partial charge on any atom is -0.480 e. The number of pyridine rings is 1. The summed E-state index contributed by atoms with van der Waals surface area (Å²) < 4.78 is 13.1. The topological polar surface area (TPSA) is 79.3 Å². The molecule has 1 aromatic heterocycles. The van der Waals surface area contributed by atoms with Crippen molar-refractivity contribution in [1.29, 1.82) is 0 Å². The molecule has 108 valence electrons. The van der Waals surface area contributed by atoms with E-state index < -0.39 is 23.7 Å². The van der Waals surface area contributed by atoms with Gasteiger partial charge in [-0.1, -0.05) is 12.1 Å². The van der Waals surface area contributed by atoms with E-state index in [1.807, 2.05) is 0 Å². The van der Waals surface area contributed by atoms with Gasteiger partial charge in [0.1, 0.15) is 11.9 Å². The molecule has 0 saturated heterocycles. The van der Waals surface area contributed by atoms with Gasteiger partial charge in [-0.05, 0) is 29.8 Å². The number of aromatic nitrogens is 1. The lowest BCUT2D eigenvalue weighted by molar-refractivity contribution is -0.139. The minimum absolute atomic E-state index is 0.00389. The van der Waals surface area contributed by atoms with Gasteiger partial charge in [0, 0.05) is 24.4 Å². The maximum Gasteiger partial charge on any atom is 0.326 e. The van der Waals surface area contributed by atoms with Crippen molar-refractivity contribution in [1.82, 2.24) is 10.3 Å². The smallest absolute Gasteiger partial charge is 0.326 e. The Hall–Kier alpha value is -2.76. The van der Waals surface area contributed by atoms with Crippen LogP contribution in [-0.2, 0) is 11.2 Å². The first-order valence-corrected chi connectivity index (χ1v) is 6.24. The van der Waals surface area contributed by atoms with Crippen molar-refractivity contribution >= 4 is 11.9 Å². The predicted octanol–water partition coefficient (Wildman–Crippen LogP) is 1.65. The molecule has 2 aromatic rings. The van der Waals surface area contributed by atoms with Crippen molar-refractivity contribution in [3.8, 4) is 0 Å². The quantitative estimate of drug-likeness (QED) is 0.876. The van der Waals surface area contributed by atoms with E-state index in [2.05, 4.69) is 10.3 Å². The summed E-state index contributed by atoms with van der Waals surface area (Å²) in [5.41, 5.74) is 0.813. The zero-order valence-electron chi connectivity index (χ0n) is 11.0. The van der Waals surface area contributed by atoms with E-state index in [-0.39, 0.29) is 6.42 Å². The molecule has 0 radical (unpaired) electrons. The van der Waals surface area contributed by atoms with Gasteiger partial charge in [0.25, 0.3) is 5.91 Å². The summed E-state index contributed by atoms with van der Waals surface area (Å²) in [7, 11) is 0. The van der Waals surface area contributed by atoms with Crippen molar-refractivity contribution in [2.45, 2.75) is 12.5 Å². The lowest BCUT2D eigenvalue weighted by Gasteiger charge is -2.14. The molecule has 6 heteroatoms. The van der Waals surface area contributed by atoms with Crippen LogP contribution in [0.25, 0.3) is 0 Å². The van der Waals surface area contributed by atoms with Crippen molar-refractivity contribution in [2.24, 2.45) is 0 Å². The third-order valence-electron chi connectivity index (χ3n) is 2.87. The van der Waals surface area contributed by atoms with Gasteiger partial charge in [-0.15, -0.1) is 0 Å². The fourth-order valence-electron chi connectivity index (χ4n) is 1.84. The van der Waals surface area contributed by atoms with Gasteiger partial charge in [0.05, 0.1) is 0 Å². The first-order valence-electron chi connectivity index (χ1n) is 6.24. The lowest BCUT2D eigenvalue weighted by atomic mass is 10.1. The standard InChI is InChI=1S/C15H13FN2O3/c16-12-3-1-2-10(8-12)9-13(15(20)21)18-14(19)11-4-6-17-7-5-11/h1-8,13H,9H2,(H,18,19)(H,20,21). The van der Waals surface area contributed by atoms with Crippen LogP contribution in [0, 0.1) is 5.82 Å². The second kappa shape index (κ2) is 6.60. The Kier molecular flexibility index (Phi) is 4.61. The van der Waals surface area contributed by atoms with E-state index in [4.69, 9.17) is 0 Å². The van der Waals surface area contributed by atoms with Gasteiger partial charge in [0.2, 0.25) is 0 Å². The molecule has 0 aliphatic rings. The molecular weight excluding hydrogens is 275 g/mol. The van der Waals surface area contributed by atoms with E-state index in [1.54, 1.807) is 6.07 Å². The van der Waals surface area contributed by atoms with Crippen LogP contribution in [0.1, 0.15) is 15.9 Å². The number of hydrogen-bond acceptors (Lipinski definition) is 3. The van der Waals surface area contributed by atoms with Gasteiger partial charge in [-0.25, -0.2) is 9.18 Å². The Bertz CT molecular complexity index is 646. The second-order valence-corrected chi connectivity index (χ2v) is 4.43. The van der Waals surface area contributed by atoms with Crippen molar-refractivity contribution in [2.75, 3.05) is 0 Å². The number of nitrogens with zero attached hydrogens (tertiary/aromatic N) is 1. The number of amides is 1. The molecule has 0 aliphatic heterocycles. The molecule has 5 nitrogen and oxygen atoms in total. The number of carbonyl (C=O) groups is 2. The summed E-state index contributed by atoms with van der Waals surface area (Å²) in [4.78, 5) is 27.0. The molecule has 21 heavy (non-hydrogen) atoms. The summed E-state index contributed by atoms with van der Waals surface area (Å²) in [6.07, 6.45) is 2.89.